The lowest BCUT2D eigenvalue weighted by Gasteiger charge is -2.31. The Labute approximate surface area is 115 Å². The van der Waals surface area contributed by atoms with Gasteiger partial charge in [-0.25, -0.2) is 0 Å². The summed E-state index contributed by atoms with van der Waals surface area (Å²) in [7, 11) is 0. The van der Waals surface area contributed by atoms with Crippen molar-refractivity contribution in [3.8, 4) is 0 Å². The van der Waals surface area contributed by atoms with Crippen LogP contribution in [0.25, 0.3) is 0 Å². The van der Waals surface area contributed by atoms with E-state index in [2.05, 4.69) is 6.92 Å². The minimum Gasteiger partial charge on any atom is -0.330 e. The maximum atomic E-state index is 12.9. The molecule has 3 nitrogen and oxygen atoms in total. The molecule has 1 aliphatic carbocycles. The molecule has 2 rings (SSSR count). The highest BCUT2D eigenvalue weighted by Gasteiger charge is 2.39. The van der Waals surface area contributed by atoms with Gasteiger partial charge in [-0.05, 0) is 37.9 Å². The summed E-state index contributed by atoms with van der Waals surface area (Å²) in [6, 6.07) is 9.95. The summed E-state index contributed by atoms with van der Waals surface area (Å²) in [5.74, 6) is 0.268. The van der Waals surface area contributed by atoms with Crippen LogP contribution in [0.15, 0.2) is 30.3 Å². The number of nitrogens with zero attached hydrogens (tertiary/aromatic N) is 1. The highest BCUT2D eigenvalue weighted by molar-refractivity contribution is 5.97. The average molecular weight is 260 g/mol. The molecule has 3 heteroatoms. The first-order chi connectivity index (χ1) is 9.17. The third-order valence-electron chi connectivity index (χ3n) is 4.12. The summed E-state index contributed by atoms with van der Waals surface area (Å²) in [5.41, 5.74) is 6.42. The van der Waals surface area contributed by atoms with Crippen LogP contribution in [-0.2, 0) is 4.79 Å². The van der Waals surface area contributed by atoms with Crippen molar-refractivity contribution in [1.82, 2.24) is 0 Å². The van der Waals surface area contributed by atoms with Crippen LogP contribution in [0.4, 0.5) is 5.69 Å². The van der Waals surface area contributed by atoms with Gasteiger partial charge in [0.05, 0.1) is 0 Å². The first-order valence-electron chi connectivity index (χ1n) is 7.24. The lowest BCUT2D eigenvalue weighted by molar-refractivity contribution is -0.127. The van der Waals surface area contributed by atoms with Crippen LogP contribution in [0.1, 0.15) is 39.0 Å². The number of amides is 1. The maximum absolute atomic E-state index is 12.9. The number of hydrogen-bond donors (Lipinski definition) is 1. The van der Waals surface area contributed by atoms with E-state index in [4.69, 9.17) is 5.73 Å². The van der Waals surface area contributed by atoms with Gasteiger partial charge in [-0.1, -0.05) is 38.0 Å². The first kappa shape index (κ1) is 14.1. The quantitative estimate of drug-likeness (QED) is 0.884. The van der Waals surface area contributed by atoms with E-state index < -0.39 is 0 Å². The first-order valence-corrected chi connectivity index (χ1v) is 7.24. The molecule has 1 aromatic carbocycles. The number of hydrogen-bond acceptors (Lipinski definition) is 2. The normalized spacial score (nSPS) is 17.4. The summed E-state index contributed by atoms with van der Waals surface area (Å²) < 4.78 is 0. The predicted molar refractivity (Wildman–Crippen MR) is 79.0 cm³/mol. The van der Waals surface area contributed by atoms with Gasteiger partial charge in [0.1, 0.15) is 0 Å². The average Bonchev–Trinajstić information content (AvgIpc) is 2.88. The van der Waals surface area contributed by atoms with Crippen LogP contribution in [0, 0.1) is 5.41 Å². The molecule has 1 saturated carbocycles. The molecule has 1 aliphatic rings. The summed E-state index contributed by atoms with van der Waals surface area (Å²) in [4.78, 5) is 14.8. The molecule has 0 aliphatic heterocycles. The molecule has 2 N–H and O–H groups in total. The van der Waals surface area contributed by atoms with Crippen LogP contribution in [0.2, 0.25) is 0 Å². The Balaban J connectivity index is 2.20. The molecule has 1 fully saturated rings. The van der Waals surface area contributed by atoms with Crippen LogP contribution in [-0.4, -0.2) is 19.0 Å². The molecule has 1 aromatic rings. The number of rotatable bonds is 5. The van der Waals surface area contributed by atoms with Gasteiger partial charge in [-0.15, -0.1) is 0 Å². The maximum Gasteiger partial charge on any atom is 0.232 e. The predicted octanol–water partition coefficient (Wildman–Crippen LogP) is 2.95. The molecule has 0 bridgehead atoms. The molecule has 0 spiro atoms. The van der Waals surface area contributed by atoms with Crippen molar-refractivity contribution in [2.75, 3.05) is 18.0 Å². The Morgan fingerprint density at radius 1 is 1.26 bits per heavy atom. The fraction of sp³-hybridized carbons (Fsp3) is 0.562. The van der Waals surface area contributed by atoms with Gasteiger partial charge < -0.3 is 10.6 Å². The molecule has 0 heterocycles. The standard InChI is InChI=1S/C16H24N2O/c1-16(10-5-6-11-16)15(19)18(13-7-12-17)14-8-3-2-4-9-14/h2-4,8-9H,5-7,10-13,17H2,1H3. The molecule has 0 unspecified atom stereocenters. The van der Waals surface area contributed by atoms with Crippen molar-refractivity contribution < 1.29 is 4.79 Å². The second kappa shape index (κ2) is 6.20. The van der Waals surface area contributed by atoms with Crippen LogP contribution < -0.4 is 10.6 Å². The molecule has 0 saturated heterocycles. The number of para-hydroxylation sites is 1. The van der Waals surface area contributed by atoms with Gasteiger partial charge >= 0.3 is 0 Å². The topological polar surface area (TPSA) is 46.3 Å². The van der Waals surface area contributed by atoms with E-state index in [0.29, 0.717) is 6.54 Å². The summed E-state index contributed by atoms with van der Waals surface area (Å²) >= 11 is 0. The third kappa shape index (κ3) is 3.16. The molecule has 0 atom stereocenters. The van der Waals surface area contributed by atoms with Gasteiger partial charge in [0, 0.05) is 17.6 Å². The minimum atomic E-state index is -0.176. The van der Waals surface area contributed by atoms with Crippen LogP contribution >= 0.6 is 0 Å². The highest BCUT2D eigenvalue weighted by Crippen LogP contribution is 2.40. The Morgan fingerprint density at radius 3 is 2.47 bits per heavy atom. The van der Waals surface area contributed by atoms with Crippen LogP contribution in [0.3, 0.4) is 0 Å². The molecule has 0 aromatic heterocycles. The zero-order valence-corrected chi connectivity index (χ0v) is 11.8. The zero-order valence-electron chi connectivity index (χ0n) is 11.8. The van der Waals surface area contributed by atoms with Gasteiger partial charge in [-0.2, -0.15) is 0 Å². The van der Waals surface area contributed by atoms with E-state index in [1.54, 1.807) is 0 Å². The Kier molecular flexibility index (Phi) is 4.59. The Bertz CT molecular complexity index is 410. The zero-order chi connectivity index (χ0) is 13.7. The smallest absolute Gasteiger partial charge is 0.232 e. The van der Waals surface area contributed by atoms with E-state index >= 15 is 0 Å². The lowest BCUT2D eigenvalue weighted by Crippen LogP contribution is -2.42. The number of benzene rings is 1. The van der Waals surface area contributed by atoms with E-state index in [1.165, 1.54) is 12.8 Å². The molecular formula is C16H24N2O. The Hall–Kier alpha value is -1.35. The molecule has 19 heavy (non-hydrogen) atoms. The minimum absolute atomic E-state index is 0.176. The lowest BCUT2D eigenvalue weighted by atomic mass is 9.87. The second-order valence-corrected chi connectivity index (χ2v) is 5.70. The molecule has 104 valence electrons. The SMILES string of the molecule is CC1(C(=O)N(CCCN)c2ccccc2)CCCC1. The van der Waals surface area contributed by atoms with Crippen molar-refractivity contribution in [2.45, 2.75) is 39.0 Å². The van der Waals surface area contributed by atoms with E-state index in [0.717, 1.165) is 31.5 Å². The van der Waals surface area contributed by atoms with Gasteiger partial charge in [0.25, 0.3) is 0 Å². The number of carbonyl (C=O) groups excluding carboxylic acids is 1. The van der Waals surface area contributed by atoms with E-state index in [-0.39, 0.29) is 11.3 Å². The van der Waals surface area contributed by atoms with Crippen molar-refractivity contribution in [2.24, 2.45) is 11.1 Å². The third-order valence-corrected chi connectivity index (χ3v) is 4.12. The fourth-order valence-corrected chi connectivity index (χ4v) is 2.90. The summed E-state index contributed by atoms with van der Waals surface area (Å²) in [5, 5.41) is 0. The molecule has 0 radical (unpaired) electrons. The van der Waals surface area contributed by atoms with E-state index in [1.807, 2.05) is 35.2 Å². The van der Waals surface area contributed by atoms with Gasteiger partial charge in [-0.3, -0.25) is 4.79 Å². The van der Waals surface area contributed by atoms with Gasteiger partial charge in [0.2, 0.25) is 5.91 Å². The molecular weight excluding hydrogens is 236 g/mol. The number of carbonyl (C=O) groups is 1. The molecule has 1 amide bonds. The van der Waals surface area contributed by atoms with Crippen molar-refractivity contribution >= 4 is 11.6 Å². The Morgan fingerprint density at radius 2 is 1.89 bits per heavy atom. The summed E-state index contributed by atoms with van der Waals surface area (Å²) in [6.07, 6.45) is 5.20. The fourth-order valence-electron chi connectivity index (χ4n) is 2.90. The van der Waals surface area contributed by atoms with Crippen molar-refractivity contribution in [3.05, 3.63) is 30.3 Å². The monoisotopic (exact) mass is 260 g/mol. The van der Waals surface area contributed by atoms with Crippen molar-refractivity contribution in [3.63, 3.8) is 0 Å². The number of anilines is 1. The van der Waals surface area contributed by atoms with Crippen LogP contribution in [0.5, 0.6) is 0 Å². The second-order valence-electron chi connectivity index (χ2n) is 5.70. The van der Waals surface area contributed by atoms with Crippen molar-refractivity contribution in [1.29, 1.82) is 0 Å². The largest absolute Gasteiger partial charge is 0.330 e. The number of nitrogens with two attached hydrogens (primary N) is 1. The van der Waals surface area contributed by atoms with E-state index in [9.17, 15) is 4.79 Å². The highest BCUT2D eigenvalue weighted by atomic mass is 16.2. The van der Waals surface area contributed by atoms with Gasteiger partial charge in [0.15, 0.2) is 0 Å². The summed E-state index contributed by atoms with van der Waals surface area (Å²) in [6.45, 7) is 3.45.